The van der Waals surface area contributed by atoms with Crippen LogP contribution >= 0.6 is 0 Å². The summed E-state index contributed by atoms with van der Waals surface area (Å²) in [4.78, 5) is 5.52. The zero-order valence-electron chi connectivity index (χ0n) is 13.5. The number of hydrogen-bond donors (Lipinski definition) is 1. The number of nitrogens with one attached hydrogen (secondary N) is 1. The largest absolute Gasteiger partial charge is 0.313 e. The van der Waals surface area contributed by atoms with E-state index in [-0.39, 0.29) is 0 Å². The van der Waals surface area contributed by atoms with Crippen LogP contribution in [0.25, 0.3) is 0 Å². The first-order valence-corrected chi connectivity index (χ1v) is 8.97. The second-order valence-electron chi connectivity index (χ2n) is 7.32. The van der Waals surface area contributed by atoms with Gasteiger partial charge >= 0.3 is 0 Å². The summed E-state index contributed by atoms with van der Waals surface area (Å²) in [5, 5.41) is 3.70. The Labute approximate surface area is 125 Å². The molecule has 20 heavy (non-hydrogen) atoms. The molecule has 3 heteroatoms. The molecule has 0 amide bonds. The van der Waals surface area contributed by atoms with Crippen LogP contribution in [0.2, 0.25) is 0 Å². The lowest BCUT2D eigenvalue weighted by atomic mass is 9.95. The van der Waals surface area contributed by atoms with Gasteiger partial charge in [0.1, 0.15) is 0 Å². The minimum atomic E-state index is 0.768. The molecule has 2 bridgehead atoms. The monoisotopic (exact) mass is 279 g/mol. The zero-order valence-corrected chi connectivity index (χ0v) is 13.5. The molecule has 0 aliphatic carbocycles. The van der Waals surface area contributed by atoms with Crippen molar-refractivity contribution < 1.29 is 0 Å². The van der Waals surface area contributed by atoms with Crippen molar-refractivity contribution >= 4 is 0 Å². The van der Waals surface area contributed by atoms with Crippen LogP contribution in [0.4, 0.5) is 0 Å². The Morgan fingerprint density at radius 2 is 1.90 bits per heavy atom. The molecule has 3 heterocycles. The molecule has 0 saturated carbocycles. The average molecular weight is 279 g/mol. The number of rotatable bonds is 6. The molecular weight excluding hydrogens is 246 g/mol. The zero-order chi connectivity index (χ0) is 13.9. The Hall–Kier alpha value is -0.120. The number of nitrogens with zero attached hydrogens (tertiary/aromatic N) is 2. The highest BCUT2D eigenvalue weighted by molar-refractivity contribution is 4.97. The highest BCUT2D eigenvalue weighted by Crippen LogP contribution is 2.36. The van der Waals surface area contributed by atoms with Crippen molar-refractivity contribution in [1.29, 1.82) is 0 Å². The maximum atomic E-state index is 3.70. The summed E-state index contributed by atoms with van der Waals surface area (Å²) in [5.41, 5.74) is 0. The quantitative estimate of drug-likeness (QED) is 0.806. The van der Waals surface area contributed by atoms with Crippen molar-refractivity contribution in [2.45, 2.75) is 82.5 Å². The molecule has 0 aromatic carbocycles. The standard InChI is InChI=1S/C17H33N3/c1-3-4-10-20(13-14-6-5-9-18-14)17-11-15-7-8-16(12-17)19(15)2/h14-18H,3-13H2,1-2H3. The fraction of sp³-hybridized carbons (Fsp3) is 1.00. The van der Waals surface area contributed by atoms with Gasteiger partial charge in [0.2, 0.25) is 0 Å². The highest BCUT2D eigenvalue weighted by Gasteiger charge is 2.40. The molecule has 3 atom stereocenters. The van der Waals surface area contributed by atoms with E-state index in [1.807, 2.05) is 0 Å². The van der Waals surface area contributed by atoms with Crippen LogP contribution in [0.15, 0.2) is 0 Å². The maximum absolute atomic E-state index is 3.70. The Bertz CT molecular complexity index is 287. The lowest BCUT2D eigenvalue weighted by molar-refractivity contribution is 0.0694. The van der Waals surface area contributed by atoms with E-state index in [4.69, 9.17) is 0 Å². The van der Waals surface area contributed by atoms with Gasteiger partial charge in [0.15, 0.2) is 0 Å². The summed E-state index contributed by atoms with van der Waals surface area (Å²) in [6.45, 7) is 6.19. The van der Waals surface area contributed by atoms with Crippen molar-refractivity contribution in [3.05, 3.63) is 0 Å². The number of fused-ring (bicyclic) bond motifs is 2. The van der Waals surface area contributed by atoms with Gasteiger partial charge in [0.25, 0.3) is 0 Å². The van der Waals surface area contributed by atoms with E-state index in [1.165, 1.54) is 71.0 Å². The molecule has 3 fully saturated rings. The first kappa shape index (κ1) is 14.8. The minimum absolute atomic E-state index is 0.768. The molecule has 1 N–H and O–H groups in total. The molecule has 116 valence electrons. The molecule has 3 unspecified atom stereocenters. The van der Waals surface area contributed by atoms with Crippen LogP contribution < -0.4 is 5.32 Å². The van der Waals surface area contributed by atoms with Crippen molar-refractivity contribution in [1.82, 2.24) is 15.1 Å². The summed E-state index contributed by atoms with van der Waals surface area (Å²) in [6.07, 6.45) is 11.2. The lowest BCUT2D eigenvalue weighted by Crippen LogP contribution is -2.51. The van der Waals surface area contributed by atoms with Gasteiger partial charge < -0.3 is 10.2 Å². The molecule has 3 saturated heterocycles. The fourth-order valence-electron chi connectivity index (χ4n) is 4.66. The van der Waals surface area contributed by atoms with Crippen LogP contribution in [0, 0.1) is 0 Å². The van der Waals surface area contributed by atoms with E-state index in [0.29, 0.717) is 0 Å². The van der Waals surface area contributed by atoms with Gasteiger partial charge in [-0.15, -0.1) is 0 Å². The summed E-state index contributed by atoms with van der Waals surface area (Å²) < 4.78 is 0. The Balaban J connectivity index is 1.59. The van der Waals surface area contributed by atoms with Crippen LogP contribution in [0.3, 0.4) is 0 Å². The van der Waals surface area contributed by atoms with Gasteiger partial charge in [-0.1, -0.05) is 13.3 Å². The van der Waals surface area contributed by atoms with E-state index in [2.05, 4.69) is 29.1 Å². The third-order valence-corrected chi connectivity index (χ3v) is 6.01. The summed E-state index contributed by atoms with van der Waals surface area (Å²) >= 11 is 0. The number of unbranched alkanes of at least 4 members (excludes halogenated alkanes) is 1. The first-order chi connectivity index (χ1) is 9.78. The number of hydrogen-bond acceptors (Lipinski definition) is 3. The second-order valence-corrected chi connectivity index (χ2v) is 7.32. The Morgan fingerprint density at radius 1 is 1.15 bits per heavy atom. The van der Waals surface area contributed by atoms with Gasteiger partial charge in [-0.2, -0.15) is 0 Å². The molecule has 3 aliphatic rings. The average Bonchev–Trinajstić information content (AvgIpc) is 3.00. The molecule has 0 radical (unpaired) electrons. The van der Waals surface area contributed by atoms with E-state index in [0.717, 1.165) is 24.2 Å². The van der Waals surface area contributed by atoms with E-state index >= 15 is 0 Å². The van der Waals surface area contributed by atoms with Gasteiger partial charge in [-0.05, 0) is 65.1 Å². The lowest BCUT2D eigenvalue weighted by Gasteiger charge is -2.42. The van der Waals surface area contributed by atoms with E-state index < -0.39 is 0 Å². The van der Waals surface area contributed by atoms with Crippen molar-refractivity contribution in [2.24, 2.45) is 0 Å². The Kier molecular flexibility index (Phi) is 5.00. The van der Waals surface area contributed by atoms with E-state index in [9.17, 15) is 0 Å². The first-order valence-electron chi connectivity index (χ1n) is 8.97. The summed E-state index contributed by atoms with van der Waals surface area (Å²) in [7, 11) is 2.35. The Morgan fingerprint density at radius 3 is 2.50 bits per heavy atom. The molecule has 3 aliphatic heterocycles. The number of piperidine rings is 1. The molecule has 0 aromatic rings. The molecule has 0 aromatic heterocycles. The van der Waals surface area contributed by atoms with Gasteiger partial charge in [0, 0.05) is 30.7 Å². The highest BCUT2D eigenvalue weighted by atomic mass is 15.2. The summed E-state index contributed by atoms with van der Waals surface area (Å²) in [5.74, 6) is 0. The van der Waals surface area contributed by atoms with Gasteiger partial charge in [0.05, 0.1) is 0 Å². The summed E-state index contributed by atoms with van der Waals surface area (Å²) in [6, 6.07) is 3.38. The van der Waals surface area contributed by atoms with Crippen LogP contribution in [-0.2, 0) is 0 Å². The van der Waals surface area contributed by atoms with Crippen molar-refractivity contribution in [3.63, 3.8) is 0 Å². The third kappa shape index (κ3) is 3.20. The minimum Gasteiger partial charge on any atom is -0.313 e. The smallest absolute Gasteiger partial charge is 0.0195 e. The van der Waals surface area contributed by atoms with Gasteiger partial charge in [-0.3, -0.25) is 4.90 Å². The van der Waals surface area contributed by atoms with Crippen LogP contribution in [0.5, 0.6) is 0 Å². The SMILES string of the molecule is CCCCN(CC1CCCN1)C1CC2CCC(C1)N2C. The topological polar surface area (TPSA) is 18.5 Å². The second kappa shape index (κ2) is 6.76. The van der Waals surface area contributed by atoms with Crippen LogP contribution in [-0.4, -0.2) is 60.6 Å². The predicted molar refractivity (Wildman–Crippen MR) is 85.1 cm³/mol. The van der Waals surface area contributed by atoms with Gasteiger partial charge in [-0.25, -0.2) is 0 Å². The molecule has 0 spiro atoms. The van der Waals surface area contributed by atoms with Crippen molar-refractivity contribution in [2.75, 3.05) is 26.7 Å². The molecule has 3 nitrogen and oxygen atoms in total. The van der Waals surface area contributed by atoms with E-state index in [1.54, 1.807) is 0 Å². The van der Waals surface area contributed by atoms with Crippen LogP contribution in [0.1, 0.15) is 58.3 Å². The van der Waals surface area contributed by atoms with Crippen molar-refractivity contribution in [3.8, 4) is 0 Å². The predicted octanol–water partition coefficient (Wildman–Crippen LogP) is 2.47. The molecule has 3 rings (SSSR count). The normalized spacial score (nSPS) is 38.0. The maximum Gasteiger partial charge on any atom is 0.0195 e. The fourth-order valence-corrected chi connectivity index (χ4v) is 4.66. The molecular formula is C17H33N3. The third-order valence-electron chi connectivity index (χ3n) is 6.01.